The lowest BCUT2D eigenvalue weighted by molar-refractivity contribution is -0.111. The van der Waals surface area contributed by atoms with Gasteiger partial charge in [0.05, 0.1) is 21.3 Å². The Bertz CT molecular complexity index is 995. The number of rotatable bonds is 6. The van der Waals surface area contributed by atoms with Crippen molar-refractivity contribution < 1.29 is 19.0 Å². The first-order chi connectivity index (χ1) is 13.1. The van der Waals surface area contributed by atoms with E-state index in [2.05, 4.69) is 5.32 Å². The Labute approximate surface area is 158 Å². The van der Waals surface area contributed by atoms with E-state index >= 15 is 0 Å². The van der Waals surface area contributed by atoms with Crippen LogP contribution in [0.1, 0.15) is 5.56 Å². The molecule has 0 atom stereocenters. The Balaban J connectivity index is 1.79. The van der Waals surface area contributed by atoms with Crippen molar-refractivity contribution in [1.82, 2.24) is 0 Å². The fourth-order valence-electron chi connectivity index (χ4n) is 2.80. The number of hydrogen-bond donors (Lipinski definition) is 1. The molecule has 0 fully saturated rings. The van der Waals surface area contributed by atoms with Crippen molar-refractivity contribution in [3.05, 3.63) is 66.2 Å². The van der Waals surface area contributed by atoms with Crippen molar-refractivity contribution in [3.8, 4) is 17.2 Å². The van der Waals surface area contributed by atoms with Crippen LogP contribution in [0.25, 0.3) is 16.8 Å². The number of ether oxygens (including phenoxy) is 3. The van der Waals surface area contributed by atoms with Crippen LogP contribution >= 0.6 is 0 Å². The Morgan fingerprint density at radius 2 is 1.48 bits per heavy atom. The summed E-state index contributed by atoms with van der Waals surface area (Å²) in [6, 6.07) is 17.3. The standard InChI is InChI=1S/C22H21NO4/c1-25-19-14-21(27-3)20(26-2)13-17(19)9-11-22(24)23-18-10-8-15-6-4-5-7-16(15)12-18/h4-14H,1-3H3,(H,23,24)/b11-9+. The minimum absolute atomic E-state index is 0.234. The molecule has 3 rings (SSSR count). The summed E-state index contributed by atoms with van der Waals surface area (Å²) in [5.74, 6) is 1.48. The molecule has 0 saturated heterocycles. The lowest BCUT2D eigenvalue weighted by Gasteiger charge is -2.12. The van der Waals surface area contributed by atoms with Gasteiger partial charge in [-0.1, -0.05) is 30.3 Å². The molecule has 3 aromatic rings. The van der Waals surface area contributed by atoms with E-state index in [1.54, 1.807) is 39.5 Å². The third kappa shape index (κ3) is 4.20. The fourth-order valence-corrected chi connectivity index (χ4v) is 2.80. The van der Waals surface area contributed by atoms with Gasteiger partial charge in [-0.15, -0.1) is 0 Å². The molecular weight excluding hydrogens is 342 g/mol. The van der Waals surface area contributed by atoms with Crippen molar-refractivity contribution in [1.29, 1.82) is 0 Å². The second-order valence-electron chi connectivity index (χ2n) is 5.83. The zero-order chi connectivity index (χ0) is 19.2. The summed E-state index contributed by atoms with van der Waals surface area (Å²) in [4.78, 5) is 12.3. The zero-order valence-electron chi connectivity index (χ0n) is 15.5. The predicted molar refractivity (Wildman–Crippen MR) is 108 cm³/mol. The van der Waals surface area contributed by atoms with Crippen molar-refractivity contribution >= 4 is 28.4 Å². The maximum absolute atomic E-state index is 12.3. The number of nitrogens with one attached hydrogen (secondary N) is 1. The van der Waals surface area contributed by atoms with Crippen LogP contribution in [0.2, 0.25) is 0 Å². The SMILES string of the molecule is COc1cc(OC)c(OC)cc1/C=C/C(=O)Nc1ccc2ccccc2c1. The lowest BCUT2D eigenvalue weighted by Crippen LogP contribution is -2.07. The molecule has 5 heteroatoms. The lowest BCUT2D eigenvalue weighted by atomic mass is 10.1. The van der Waals surface area contributed by atoms with Crippen LogP contribution in [0.15, 0.2) is 60.7 Å². The van der Waals surface area contributed by atoms with E-state index in [1.807, 2.05) is 42.5 Å². The summed E-state index contributed by atoms with van der Waals surface area (Å²) in [6.45, 7) is 0. The first kappa shape index (κ1) is 18.3. The minimum atomic E-state index is -0.234. The first-order valence-electron chi connectivity index (χ1n) is 8.42. The largest absolute Gasteiger partial charge is 0.496 e. The van der Waals surface area contributed by atoms with Crippen molar-refractivity contribution in [2.75, 3.05) is 26.6 Å². The van der Waals surface area contributed by atoms with Crippen molar-refractivity contribution in [2.24, 2.45) is 0 Å². The average molecular weight is 363 g/mol. The number of carbonyl (C=O) groups is 1. The number of hydrogen-bond acceptors (Lipinski definition) is 4. The molecule has 0 aliphatic heterocycles. The molecule has 0 aliphatic rings. The van der Waals surface area contributed by atoms with Crippen LogP contribution in [0.3, 0.4) is 0 Å². The Morgan fingerprint density at radius 1 is 0.815 bits per heavy atom. The maximum atomic E-state index is 12.3. The highest BCUT2D eigenvalue weighted by Gasteiger charge is 2.10. The Hall–Kier alpha value is -3.47. The highest BCUT2D eigenvalue weighted by molar-refractivity contribution is 6.03. The Kier molecular flexibility index (Phi) is 5.61. The third-order valence-electron chi connectivity index (χ3n) is 4.17. The fraction of sp³-hybridized carbons (Fsp3) is 0.136. The van der Waals surface area contributed by atoms with Gasteiger partial charge in [-0.05, 0) is 35.0 Å². The number of benzene rings is 3. The van der Waals surface area contributed by atoms with Crippen LogP contribution in [-0.2, 0) is 4.79 Å². The van der Waals surface area contributed by atoms with Gasteiger partial charge in [-0.25, -0.2) is 0 Å². The van der Waals surface area contributed by atoms with Crippen molar-refractivity contribution in [3.63, 3.8) is 0 Å². The van der Waals surface area contributed by atoms with E-state index < -0.39 is 0 Å². The normalized spacial score (nSPS) is 10.8. The van der Waals surface area contributed by atoms with Gasteiger partial charge in [0.1, 0.15) is 5.75 Å². The third-order valence-corrected chi connectivity index (χ3v) is 4.17. The summed E-state index contributed by atoms with van der Waals surface area (Å²) in [5.41, 5.74) is 1.45. The van der Waals surface area contributed by atoms with E-state index in [0.29, 0.717) is 22.8 Å². The molecule has 0 saturated carbocycles. The topological polar surface area (TPSA) is 56.8 Å². The van der Waals surface area contributed by atoms with Crippen LogP contribution in [0, 0.1) is 0 Å². The molecule has 27 heavy (non-hydrogen) atoms. The van der Waals surface area contributed by atoms with Gasteiger partial charge in [-0.2, -0.15) is 0 Å². The van der Waals surface area contributed by atoms with E-state index in [0.717, 1.165) is 16.5 Å². The summed E-state index contributed by atoms with van der Waals surface area (Å²) in [7, 11) is 4.68. The summed E-state index contributed by atoms with van der Waals surface area (Å²) in [6.07, 6.45) is 3.14. The van der Waals surface area contributed by atoms with Gasteiger partial charge < -0.3 is 19.5 Å². The molecule has 0 aromatic heterocycles. The molecular formula is C22H21NO4. The maximum Gasteiger partial charge on any atom is 0.248 e. The zero-order valence-corrected chi connectivity index (χ0v) is 15.5. The predicted octanol–water partition coefficient (Wildman–Crippen LogP) is 4.52. The average Bonchev–Trinajstić information content (AvgIpc) is 2.71. The molecule has 0 aliphatic carbocycles. The van der Waals surface area contributed by atoms with E-state index in [9.17, 15) is 4.79 Å². The van der Waals surface area contributed by atoms with Gasteiger partial charge in [0.2, 0.25) is 5.91 Å². The molecule has 0 heterocycles. The molecule has 0 radical (unpaired) electrons. The van der Waals surface area contributed by atoms with Gasteiger partial charge in [0, 0.05) is 23.4 Å². The Morgan fingerprint density at radius 3 is 2.19 bits per heavy atom. The summed E-state index contributed by atoms with van der Waals surface area (Å²) >= 11 is 0. The highest BCUT2D eigenvalue weighted by Crippen LogP contribution is 2.35. The van der Waals surface area contributed by atoms with Crippen molar-refractivity contribution in [2.45, 2.75) is 0 Å². The van der Waals surface area contributed by atoms with Crippen LogP contribution in [0.4, 0.5) is 5.69 Å². The molecule has 1 N–H and O–H groups in total. The molecule has 0 bridgehead atoms. The smallest absolute Gasteiger partial charge is 0.248 e. The monoisotopic (exact) mass is 363 g/mol. The highest BCUT2D eigenvalue weighted by atomic mass is 16.5. The molecule has 3 aromatic carbocycles. The van der Waals surface area contributed by atoms with E-state index in [4.69, 9.17) is 14.2 Å². The second kappa shape index (κ2) is 8.27. The quantitative estimate of drug-likeness (QED) is 0.654. The van der Waals surface area contributed by atoms with E-state index in [1.165, 1.54) is 6.08 Å². The number of anilines is 1. The number of amides is 1. The number of methoxy groups -OCH3 is 3. The van der Waals surface area contributed by atoms with E-state index in [-0.39, 0.29) is 5.91 Å². The molecule has 0 spiro atoms. The molecule has 1 amide bonds. The summed E-state index contributed by atoms with van der Waals surface area (Å²) in [5, 5.41) is 5.07. The van der Waals surface area contributed by atoms with Gasteiger partial charge in [0.25, 0.3) is 0 Å². The van der Waals surface area contributed by atoms with Gasteiger partial charge in [-0.3, -0.25) is 4.79 Å². The number of carbonyl (C=O) groups excluding carboxylic acids is 1. The first-order valence-corrected chi connectivity index (χ1v) is 8.42. The molecule has 5 nitrogen and oxygen atoms in total. The van der Waals surface area contributed by atoms with Crippen LogP contribution in [0.5, 0.6) is 17.2 Å². The molecule has 0 unspecified atom stereocenters. The second-order valence-corrected chi connectivity index (χ2v) is 5.83. The van der Waals surface area contributed by atoms with Crippen LogP contribution < -0.4 is 19.5 Å². The van der Waals surface area contributed by atoms with Gasteiger partial charge in [0.15, 0.2) is 11.5 Å². The number of fused-ring (bicyclic) bond motifs is 1. The van der Waals surface area contributed by atoms with Crippen LogP contribution in [-0.4, -0.2) is 27.2 Å². The summed E-state index contributed by atoms with van der Waals surface area (Å²) < 4.78 is 15.9. The molecule has 138 valence electrons. The van der Waals surface area contributed by atoms with Gasteiger partial charge >= 0.3 is 0 Å². The minimum Gasteiger partial charge on any atom is -0.496 e.